The molecule has 2 aromatic carbocycles. The molecule has 8 nitrogen and oxygen atoms in total. The molecule has 2 atom stereocenters. The first-order chi connectivity index (χ1) is 18.5. The summed E-state index contributed by atoms with van der Waals surface area (Å²) in [7, 11) is 1.66. The van der Waals surface area contributed by atoms with Crippen molar-refractivity contribution in [3.8, 4) is 11.1 Å². The molecule has 0 unspecified atom stereocenters. The highest BCUT2D eigenvalue weighted by molar-refractivity contribution is 7.99. The number of benzene rings is 2. The van der Waals surface area contributed by atoms with Crippen molar-refractivity contribution in [2.24, 2.45) is 0 Å². The summed E-state index contributed by atoms with van der Waals surface area (Å²) in [6.45, 7) is 11.5. The molecule has 0 spiro atoms. The van der Waals surface area contributed by atoms with Crippen molar-refractivity contribution >= 4 is 34.6 Å². The largest absolute Gasteiger partial charge is 0.444 e. The summed E-state index contributed by atoms with van der Waals surface area (Å²) >= 11 is 1.65. The van der Waals surface area contributed by atoms with E-state index in [9.17, 15) is 14.0 Å². The number of anilines is 1. The van der Waals surface area contributed by atoms with Crippen LogP contribution in [0.2, 0.25) is 0 Å². The van der Waals surface area contributed by atoms with Gasteiger partial charge in [-0.25, -0.2) is 14.0 Å². The number of aromatic nitrogens is 2. The van der Waals surface area contributed by atoms with E-state index in [4.69, 9.17) is 9.47 Å². The third kappa shape index (κ3) is 5.36. The van der Waals surface area contributed by atoms with E-state index in [1.165, 1.54) is 12.1 Å². The number of carbonyl (C=O) groups is 1. The van der Waals surface area contributed by atoms with Crippen LogP contribution in [0.1, 0.15) is 33.3 Å². The zero-order chi connectivity index (χ0) is 28.1. The smallest absolute Gasteiger partial charge is 0.410 e. The molecule has 208 valence electrons. The van der Waals surface area contributed by atoms with Gasteiger partial charge in [-0.2, -0.15) is 4.98 Å². The van der Waals surface area contributed by atoms with Crippen LogP contribution in [0.5, 0.6) is 0 Å². The Hall–Kier alpha value is -3.11. The molecule has 5 rings (SSSR count). The lowest BCUT2D eigenvalue weighted by atomic mass is 9.97. The predicted octanol–water partition coefficient (Wildman–Crippen LogP) is 5.08. The summed E-state index contributed by atoms with van der Waals surface area (Å²) in [5.74, 6) is 0.997. The van der Waals surface area contributed by atoms with Gasteiger partial charge in [0, 0.05) is 54.4 Å². The fourth-order valence-corrected chi connectivity index (χ4v) is 6.74. The number of hydrogen-bond donors (Lipinski definition) is 0. The number of ether oxygens (including phenoxy) is 2. The van der Waals surface area contributed by atoms with E-state index in [0.29, 0.717) is 37.7 Å². The molecule has 3 heterocycles. The fraction of sp³-hybridized carbons (Fsp3) is 0.483. The number of halogens is 1. The molecule has 1 saturated heterocycles. The summed E-state index contributed by atoms with van der Waals surface area (Å²) in [4.78, 5) is 35.7. The Labute approximate surface area is 232 Å². The lowest BCUT2D eigenvalue weighted by molar-refractivity contribution is 0.0218. The van der Waals surface area contributed by atoms with E-state index in [1.807, 2.05) is 34.6 Å². The molecule has 10 heteroatoms. The van der Waals surface area contributed by atoms with Crippen LogP contribution in [0.15, 0.2) is 40.0 Å². The molecule has 2 aliphatic heterocycles. The van der Waals surface area contributed by atoms with Crippen molar-refractivity contribution in [3.63, 3.8) is 0 Å². The van der Waals surface area contributed by atoms with E-state index >= 15 is 0 Å². The molecule has 1 amide bonds. The van der Waals surface area contributed by atoms with Gasteiger partial charge in [0.1, 0.15) is 17.2 Å². The topological polar surface area (TPSA) is 76.9 Å². The number of thioether (sulfide) groups is 1. The predicted molar refractivity (Wildman–Crippen MR) is 152 cm³/mol. The highest BCUT2D eigenvalue weighted by atomic mass is 32.2. The minimum absolute atomic E-state index is 0.0812. The van der Waals surface area contributed by atoms with Gasteiger partial charge in [-0.3, -0.25) is 4.57 Å². The molecule has 1 fully saturated rings. The van der Waals surface area contributed by atoms with Gasteiger partial charge in [0.05, 0.1) is 18.2 Å². The van der Waals surface area contributed by atoms with Crippen LogP contribution < -0.4 is 10.6 Å². The summed E-state index contributed by atoms with van der Waals surface area (Å²) in [6.07, 6.45) is -0.495. The van der Waals surface area contributed by atoms with Crippen LogP contribution in [0.4, 0.5) is 15.0 Å². The summed E-state index contributed by atoms with van der Waals surface area (Å²) in [6, 6.07) is 8.48. The summed E-state index contributed by atoms with van der Waals surface area (Å²) in [5, 5.41) is 0.884. The van der Waals surface area contributed by atoms with Crippen LogP contribution in [-0.4, -0.2) is 70.8 Å². The van der Waals surface area contributed by atoms with Crippen molar-refractivity contribution < 1.29 is 18.7 Å². The maximum absolute atomic E-state index is 13.8. The van der Waals surface area contributed by atoms with Crippen LogP contribution in [0.25, 0.3) is 22.0 Å². The van der Waals surface area contributed by atoms with E-state index in [2.05, 4.69) is 16.0 Å². The van der Waals surface area contributed by atoms with Gasteiger partial charge in [0.2, 0.25) is 0 Å². The Morgan fingerprint density at radius 3 is 2.51 bits per heavy atom. The second-order valence-corrected chi connectivity index (χ2v) is 12.3. The van der Waals surface area contributed by atoms with E-state index in [1.54, 1.807) is 40.5 Å². The molecular formula is C29H35FN4O4S. The standard InChI is InChI=1S/C29H35FN4O4S/c1-17-13-22-24-25(23(17)19-7-9-20(30)10-8-19)39-16-21(37-6)15-34(24)27(35)31-26(22)33-12-11-32(14-18(33)2)28(36)38-29(3,4)5/h7-10,13,18,21H,11-12,14-16H2,1-6H3/t18-,21+/m0/s1. The summed E-state index contributed by atoms with van der Waals surface area (Å²) in [5.41, 5.74) is 2.81. The van der Waals surface area contributed by atoms with E-state index in [0.717, 1.165) is 32.5 Å². The lowest BCUT2D eigenvalue weighted by Gasteiger charge is -2.41. The first-order valence-corrected chi connectivity index (χ1v) is 14.2. The monoisotopic (exact) mass is 554 g/mol. The van der Waals surface area contributed by atoms with Gasteiger partial charge in [0.15, 0.2) is 0 Å². The van der Waals surface area contributed by atoms with Crippen LogP contribution in [0, 0.1) is 12.7 Å². The highest BCUT2D eigenvalue weighted by Gasteiger charge is 2.33. The third-order valence-electron chi connectivity index (χ3n) is 7.21. The van der Waals surface area contributed by atoms with E-state index in [-0.39, 0.29) is 29.7 Å². The second-order valence-electron chi connectivity index (χ2n) is 11.3. The Balaban J connectivity index is 1.63. The normalized spacial score (nSPS) is 19.8. The Kier molecular flexibility index (Phi) is 7.37. The van der Waals surface area contributed by atoms with Crippen molar-refractivity contribution in [3.05, 3.63) is 52.2 Å². The SMILES string of the molecule is CO[C@H]1CSc2c(-c3ccc(F)cc3)c(C)cc3c(N4CCN(C(=O)OC(C)(C)C)C[C@@H]4C)nc(=O)n(c23)C1. The molecule has 3 aromatic rings. The average molecular weight is 555 g/mol. The molecule has 0 bridgehead atoms. The number of methoxy groups -OCH3 is 1. The fourth-order valence-electron chi connectivity index (χ4n) is 5.37. The minimum Gasteiger partial charge on any atom is -0.444 e. The molecule has 0 radical (unpaired) electrons. The number of carbonyl (C=O) groups excluding carboxylic acids is 1. The number of nitrogens with zero attached hydrogens (tertiary/aromatic N) is 4. The second kappa shape index (κ2) is 10.5. The molecule has 1 aromatic heterocycles. The van der Waals surface area contributed by atoms with Crippen LogP contribution in [-0.2, 0) is 16.0 Å². The first-order valence-electron chi connectivity index (χ1n) is 13.2. The van der Waals surface area contributed by atoms with Gasteiger partial charge in [-0.05, 0) is 63.9 Å². The van der Waals surface area contributed by atoms with Crippen molar-refractivity contribution in [1.29, 1.82) is 0 Å². The number of piperazine rings is 1. The number of rotatable bonds is 3. The van der Waals surface area contributed by atoms with Gasteiger partial charge >= 0.3 is 11.8 Å². The van der Waals surface area contributed by atoms with E-state index < -0.39 is 5.60 Å². The van der Waals surface area contributed by atoms with Gasteiger partial charge in [0.25, 0.3) is 0 Å². The zero-order valence-electron chi connectivity index (χ0n) is 23.3. The molecule has 0 N–H and O–H groups in total. The number of amides is 1. The molecule has 0 saturated carbocycles. The molecule has 2 aliphatic rings. The van der Waals surface area contributed by atoms with Gasteiger partial charge in [-0.1, -0.05) is 12.1 Å². The zero-order valence-corrected chi connectivity index (χ0v) is 24.1. The number of hydrogen-bond acceptors (Lipinski definition) is 7. The van der Waals surface area contributed by atoms with Crippen LogP contribution >= 0.6 is 11.8 Å². The van der Waals surface area contributed by atoms with Gasteiger partial charge < -0.3 is 19.3 Å². The quantitative estimate of drug-likeness (QED) is 0.447. The Morgan fingerprint density at radius 2 is 1.87 bits per heavy atom. The summed E-state index contributed by atoms with van der Waals surface area (Å²) < 4.78 is 26.8. The van der Waals surface area contributed by atoms with Crippen molar-refractivity contribution in [2.45, 2.75) is 63.8 Å². The van der Waals surface area contributed by atoms with Crippen LogP contribution in [0.3, 0.4) is 0 Å². The molecular weight excluding hydrogens is 519 g/mol. The lowest BCUT2D eigenvalue weighted by Crippen LogP contribution is -2.55. The minimum atomic E-state index is -0.570. The van der Waals surface area contributed by atoms with Gasteiger partial charge in [-0.15, -0.1) is 11.8 Å². The maximum Gasteiger partial charge on any atom is 0.410 e. The Bertz CT molecular complexity index is 1470. The Morgan fingerprint density at radius 1 is 1.15 bits per heavy atom. The first kappa shape index (κ1) is 27.5. The molecule has 0 aliphatic carbocycles. The maximum atomic E-state index is 13.8. The number of aryl methyl sites for hydroxylation is 1. The highest BCUT2D eigenvalue weighted by Crippen LogP contribution is 2.43. The third-order valence-corrected chi connectivity index (χ3v) is 8.44. The van der Waals surface area contributed by atoms with Crippen molar-refractivity contribution in [1.82, 2.24) is 14.5 Å². The average Bonchev–Trinajstić information content (AvgIpc) is 3.07. The molecule has 39 heavy (non-hydrogen) atoms. The van der Waals surface area contributed by atoms with Crippen molar-refractivity contribution in [2.75, 3.05) is 37.4 Å².